The highest BCUT2D eigenvalue weighted by atomic mass is 16.5. The van der Waals surface area contributed by atoms with Crippen LogP contribution in [-0.2, 0) is 0 Å². The normalized spacial score (nSPS) is 13.4. The first kappa shape index (κ1) is 18.0. The maximum atomic E-state index is 13.0. The van der Waals surface area contributed by atoms with Gasteiger partial charge in [0, 0.05) is 0 Å². The summed E-state index contributed by atoms with van der Waals surface area (Å²) in [6, 6.07) is 13.3. The number of aryl methyl sites for hydroxylation is 1. The molecule has 0 fully saturated rings. The van der Waals surface area contributed by atoms with E-state index in [-0.39, 0.29) is 17.9 Å². The number of carbonyl (C=O) groups is 1. The molecule has 2 N–H and O–H groups in total. The number of benzene rings is 2. The van der Waals surface area contributed by atoms with Crippen LogP contribution in [0.5, 0.6) is 5.75 Å². The van der Waals surface area contributed by atoms with Crippen molar-refractivity contribution in [2.45, 2.75) is 33.2 Å². The van der Waals surface area contributed by atoms with Gasteiger partial charge in [0.05, 0.1) is 29.7 Å². The molecule has 0 bridgehead atoms. The van der Waals surface area contributed by atoms with Gasteiger partial charge in [0.2, 0.25) is 0 Å². The van der Waals surface area contributed by atoms with Gasteiger partial charge in [-0.15, -0.1) is 0 Å². The Balaban J connectivity index is 1.94. The van der Waals surface area contributed by atoms with E-state index in [2.05, 4.69) is 29.1 Å². The van der Waals surface area contributed by atoms with E-state index in [1.807, 2.05) is 49.4 Å². The van der Waals surface area contributed by atoms with E-state index in [1.54, 1.807) is 7.11 Å². The monoisotopic (exact) mass is 351 g/mol. The summed E-state index contributed by atoms with van der Waals surface area (Å²) in [5.74, 6) is 1.42. The second kappa shape index (κ2) is 7.60. The number of methoxy groups -OCH3 is 1. The van der Waals surface area contributed by atoms with E-state index in [0.29, 0.717) is 11.3 Å². The summed E-state index contributed by atoms with van der Waals surface area (Å²) in [5, 5.41) is 3.15. The van der Waals surface area contributed by atoms with Gasteiger partial charge < -0.3 is 15.0 Å². The van der Waals surface area contributed by atoms with Crippen LogP contribution in [-0.4, -0.2) is 23.0 Å². The van der Waals surface area contributed by atoms with Crippen molar-refractivity contribution in [3.8, 4) is 5.75 Å². The van der Waals surface area contributed by atoms with Gasteiger partial charge in [-0.05, 0) is 37.1 Å². The van der Waals surface area contributed by atoms with Crippen LogP contribution in [0.2, 0.25) is 0 Å². The lowest BCUT2D eigenvalue weighted by atomic mass is 9.98. The molecule has 2 unspecified atom stereocenters. The first-order chi connectivity index (χ1) is 12.5. The lowest BCUT2D eigenvalue weighted by molar-refractivity contribution is 0.0917. The second-order valence-electron chi connectivity index (χ2n) is 6.68. The second-order valence-corrected chi connectivity index (χ2v) is 6.68. The number of imidazole rings is 1. The number of rotatable bonds is 6. The topological polar surface area (TPSA) is 67.0 Å². The molecule has 0 aliphatic carbocycles. The van der Waals surface area contributed by atoms with Crippen LogP contribution in [0.3, 0.4) is 0 Å². The smallest absolute Gasteiger partial charge is 0.255 e. The number of nitrogens with zero attached hydrogens (tertiary/aromatic N) is 1. The summed E-state index contributed by atoms with van der Waals surface area (Å²) in [6.07, 6.45) is 0.924. The molecule has 0 spiro atoms. The van der Waals surface area contributed by atoms with Crippen molar-refractivity contribution in [3.05, 3.63) is 59.4 Å². The van der Waals surface area contributed by atoms with Crippen LogP contribution in [0, 0.1) is 12.8 Å². The molecule has 1 amide bonds. The van der Waals surface area contributed by atoms with Crippen molar-refractivity contribution in [2.24, 2.45) is 5.92 Å². The number of aromatic nitrogens is 2. The molecule has 0 saturated carbocycles. The van der Waals surface area contributed by atoms with Gasteiger partial charge in [0.15, 0.2) is 0 Å². The van der Waals surface area contributed by atoms with Crippen LogP contribution in [0.1, 0.15) is 48.1 Å². The van der Waals surface area contributed by atoms with Crippen molar-refractivity contribution in [1.29, 1.82) is 0 Å². The molecule has 3 aromatic rings. The Labute approximate surface area is 153 Å². The molecular formula is C21H25N3O2. The molecule has 5 nitrogen and oxygen atoms in total. The molecule has 0 radical (unpaired) electrons. The maximum Gasteiger partial charge on any atom is 0.255 e. The molecule has 0 saturated heterocycles. The molecule has 1 heterocycles. The quantitative estimate of drug-likeness (QED) is 0.692. The number of aromatic amines is 1. The molecule has 5 heteroatoms. The predicted molar refractivity (Wildman–Crippen MR) is 103 cm³/mol. The zero-order valence-corrected chi connectivity index (χ0v) is 15.7. The largest absolute Gasteiger partial charge is 0.496 e. The Morgan fingerprint density at radius 2 is 2.04 bits per heavy atom. The van der Waals surface area contributed by atoms with E-state index < -0.39 is 0 Å². The van der Waals surface area contributed by atoms with Gasteiger partial charge >= 0.3 is 0 Å². The number of fused-ring (bicyclic) bond motifs is 1. The molecular weight excluding hydrogens is 326 g/mol. The van der Waals surface area contributed by atoms with Gasteiger partial charge in [-0.2, -0.15) is 0 Å². The lowest BCUT2D eigenvalue weighted by Crippen LogP contribution is -2.33. The number of hydrogen-bond acceptors (Lipinski definition) is 3. The molecule has 2 atom stereocenters. The van der Waals surface area contributed by atoms with Crippen molar-refractivity contribution < 1.29 is 9.53 Å². The van der Waals surface area contributed by atoms with Gasteiger partial charge in [0.1, 0.15) is 11.6 Å². The van der Waals surface area contributed by atoms with Crippen LogP contribution in [0.25, 0.3) is 11.0 Å². The number of hydrogen-bond donors (Lipinski definition) is 2. The van der Waals surface area contributed by atoms with E-state index in [1.165, 1.54) is 0 Å². The Bertz CT molecular complexity index is 884. The highest BCUT2D eigenvalue weighted by molar-refractivity contribution is 5.97. The van der Waals surface area contributed by atoms with E-state index in [0.717, 1.165) is 28.8 Å². The number of para-hydroxylation sites is 2. The number of H-pyrrole nitrogens is 1. The third-order valence-electron chi connectivity index (χ3n) is 4.80. The predicted octanol–water partition coefficient (Wildman–Crippen LogP) is 4.40. The minimum absolute atomic E-state index is 0.156. The minimum atomic E-state index is -0.204. The van der Waals surface area contributed by atoms with Crippen molar-refractivity contribution in [2.75, 3.05) is 7.11 Å². The molecule has 0 aliphatic heterocycles. The molecule has 2 aromatic carbocycles. The SMILES string of the molecule is CCC(C)C(NC(=O)c1cc(C)ccc1OC)c1nc2ccccc2[nH]1. The van der Waals surface area contributed by atoms with Crippen molar-refractivity contribution in [3.63, 3.8) is 0 Å². The summed E-state index contributed by atoms with van der Waals surface area (Å²) in [7, 11) is 1.58. The Hall–Kier alpha value is -2.82. The van der Waals surface area contributed by atoms with Gasteiger partial charge in [0.25, 0.3) is 5.91 Å². The van der Waals surface area contributed by atoms with Crippen molar-refractivity contribution >= 4 is 16.9 Å². The average molecular weight is 351 g/mol. The summed E-state index contributed by atoms with van der Waals surface area (Å²) in [4.78, 5) is 21.0. The van der Waals surface area contributed by atoms with Crippen LogP contribution < -0.4 is 10.1 Å². The molecule has 26 heavy (non-hydrogen) atoms. The van der Waals surface area contributed by atoms with Gasteiger partial charge in [-0.3, -0.25) is 4.79 Å². The summed E-state index contributed by atoms with van der Waals surface area (Å²) in [5.41, 5.74) is 3.42. The number of ether oxygens (including phenoxy) is 1. The Kier molecular flexibility index (Phi) is 5.26. The number of nitrogens with one attached hydrogen (secondary N) is 2. The van der Waals surface area contributed by atoms with Crippen LogP contribution in [0.15, 0.2) is 42.5 Å². The van der Waals surface area contributed by atoms with Crippen molar-refractivity contribution in [1.82, 2.24) is 15.3 Å². The molecule has 0 aliphatic rings. The first-order valence-corrected chi connectivity index (χ1v) is 8.93. The fraction of sp³-hybridized carbons (Fsp3) is 0.333. The van der Waals surface area contributed by atoms with E-state index in [9.17, 15) is 4.79 Å². The fourth-order valence-corrected chi connectivity index (χ4v) is 3.05. The number of carbonyl (C=O) groups excluding carboxylic acids is 1. The van der Waals surface area contributed by atoms with Gasteiger partial charge in [-0.25, -0.2) is 4.98 Å². The van der Waals surface area contributed by atoms with Gasteiger partial charge in [-0.1, -0.05) is 44.0 Å². The van der Waals surface area contributed by atoms with Crippen LogP contribution >= 0.6 is 0 Å². The molecule has 1 aromatic heterocycles. The first-order valence-electron chi connectivity index (χ1n) is 8.93. The lowest BCUT2D eigenvalue weighted by Gasteiger charge is -2.23. The third kappa shape index (κ3) is 3.57. The zero-order chi connectivity index (χ0) is 18.7. The van der Waals surface area contributed by atoms with Crippen LogP contribution in [0.4, 0.5) is 0 Å². The highest BCUT2D eigenvalue weighted by Gasteiger charge is 2.25. The summed E-state index contributed by atoms with van der Waals surface area (Å²) in [6.45, 7) is 6.19. The summed E-state index contributed by atoms with van der Waals surface area (Å²) < 4.78 is 5.36. The molecule has 3 rings (SSSR count). The van der Waals surface area contributed by atoms with E-state index >= 15 is 0 Å². The standard InChI is InChI=1S/C21H25N3O2/c1-5-14(3)19(20-22-16-8-6-7-9-17(16)23-20)24-21(25)15-12-13(2)10-11-18(15)26-4/h6-12,14,19H,5H2,1-4H3,(H,22,23)(H,24,25). The molecule has 136 valence electrons. The average Bonchev–Trinajstić information content (AvgIpc) is 3.09. The zero-order valence-electron chi connectivity index (χ0n) is 15.7. The summed E-state index contributed by atoms with van der Waals surface area (Å²) >= 11 is 0. The third-order valence-corrected chi connectivity index (χ3v) is 4.80. The Morgan fingerprint density at radius 3 is 2.73 bits per heavy atom. The maximum absolute atomic E-state index is 13.0. The number of amides is 1. The minimum Gasteiger partial charge on any atom is -0.496 e. The fourth-order valence-electron chi connectivity index (χ4n) is 3.05. The van der Waals surface area contributed by atoms with E-state index in [4.69, 9.17) is 4.74 Å². The Morgan fingerprint density at radius 1 is 1.27 bits per heavy atom. The highest BCUT2D eigenvalue weighted by Crippen LogP contribution is 2.26.